The Hall–Kier alpha value is -3.43. The van der Waals surface area contributed by atoms with Crippen LogP contribution in [0.2, 0.25) is 0 Å². The fraction of sp³-hybridized carbons (Fsp3) is 0.350. The summed E-state index contributed by atoms with van der Waals surface area (Å²) in [6.07, 6.45) is 1.71. The van der Waals surface area contributed by atoms with Gasteiger partial charge in [-0.1, -0.05) is 0 Å². The van der Waals surface area contributed by atoms with Gasteiger partial charge in [-0.15, -0.1) is 0 Å². The normalized spacial score (nSPS) is 15.6. The summed E-state index contributed by atoms with van der Waals surface area (Å²) in [5.74, 6) is -1.98. The maximum Gasteiger partial charge on any atom is 0.317 e. The number of ether oxygens (including phenoxy) is 2. The van der Waals surface area contributed by atoms with E-state index in [4.69, 9.17) is 9.47 Å². The molecule has 1 saturated heterocycles. The smallest absolute Gasteiger partial charge is 0.317 e. The van der Waals surface area contributed by atoms with Crippen LogP contribution in [0.5, 0.6) is 11.5 Å². The highest BCUT2D eigenvalue weighted by atomic mass is 19.1. The predicted octanol–water partition coefficient (Wildman–Crippen LogP) is 1.59. The van der Waals surface area contributed by atoms with Crippen LogP contribution in [0.4, 0.5) is 20.2 Å². The molecule has 1 aromatic carbocycles. The Morgan fingerprint density at radius 2 is 1.90 bits per heavy atom. The number of methoxy groups -OCH3 is 1. The van der Waals surface area contributed by atoms with Gasteiger partial charge in [-0.05, 0) is 0 Å². The topological polar surface area (TPSA) is 84.0 Å². The van der Waals surface area contributed by atoms with Crippen molar-refractivity contribution in [2.45, 2.75) is 6.42 Å². The van der Waals surface area contributed by atoms with E-state index in [1.54, 1.807) is 17.2 Å². The van der Waals surface area contributed by atoms with Crippen LogP contribution in [0.3, 0.4) is 0 Å². The van der Waals surface area contributed by atoms with E-state index in [9.17, 15) is 18.4 Å². The van der Waals surface area contributed by atoms with Crippen LogP contribution in [0.1, 0.15) is 5.69 Å². The Morgan fingerprint density at radius 3 is 2.57 bits per heavy atom. The van der Waals surface area contributed by atoms with Crippen molar-refractivity contribution < 1.29 is 27.8 Å². The molecule has 2 aliphatic rings. The second-order valence-electron chi connectivity index (χ2n) is 6.98. The number of esters is 1. The fourth-order valence-electron chi connectivity index (χ4n) is 3.51. The van der Waals surface area contributed by atoms with Crippen LogP contribution in [0, 0.1) is 11.6 Å². The van der Waals surface area contributed by atoms with Gasteiger partial charge in [-0.25, -0.2) is 8.78 Å². The first kappa shape index (κ1) is 19.9. The van der Waals surface area contributed by atoms with Gasteiger partial charge < -0.3 is 24.6 Å². The molecule has 1 amide bonds. The van der Waals surface area contributed by atoms with Gasteiger partial charge in [-0.2, -0.15) is 0 Å². The molecule has 2 aromatic rings. The van der Waals surface area contributed by atoms with Crippen molar-refractivity contribution in [2.24, 2.45) is 0 Å². The lowest BCUT2D eigenvalue weighted by atomic mass is 10.2. The molecule has 0 bridgehead atoms. The first-order chi connectivity index (χ1) is 14.4. The summed E-state index contributed by atoms with van der Waals surface area (Å²) < 4.78 is 37.6. The molecular formula is C20H20F2N4O4. The summed E-state index contributed by atoms with van der Waals surface area (Å²) in [4.78, 5) is 31.4. The number of hydrogen-bond donors (Lipinski definition) is 1. The van der Waals surface area contributed by atoms with Gasteiger partial charge >= 0.3 is 5.97 Å². The maximum atomic E-state index is 13.9. The van der Waals surface area contributed by atoms with Crippen molar-refractivity contribution in [2.75, 3.05) is 50.1 Å². The number of carbonyl (C=O) groups excluding carboxylic acids is 2. The fourth-order valence-corrected chi connectivity index (χ4v) is 3.51. The third-order valence-corrected chi connectivity index (χ3v) is 5.09. The molecule has 1 fully saturated rings. The number of fused-ring (bicyclic) bond motifs is 1. The molecule has 0 radical (unpaired) electrons. The monoisotopic (exact) mass is 418 g/mol. The molecule has 30 heavy (non-hydrogen) atoms. The first-order valence-corrected chi connectivity index (χ1v) is 9.44. The van der Waals surface area contributed by atoms with Crippen LogP contribution in [-0.4, -0.2) is 61.6 Å². The lowest BCUT2D eigenvalue weighted by Gasteiger charge is -2.36. The molecule has 3 heterocycles. The van der Waals surface area contributed by atoms with Gasteiger partial charge in [0.05, 0.1) is 37.7 Å². The number of hydrogen-bond acceptors (Lipinski definition) is 7. The molecule has 158 valence electrons. The number of halogens is 2. The predicted molar refractivity (Wildman–Crippen MR) is 104 cm³/mol. The van der Waals surface area contributed by atoms with E-state index in [-0.39, 0.29) is 24.8 Å². The lowest BCUT2D eigenvalue weighted by molar-refractivity contribution is -0.132. The van der Waals surface area contributed by atoms with Gasteiger partial charge in [0, 0.05) is 50.1 Å². The Kier molecular flexibility index (Phi) is 5.39. The van der Waals surface area contributed by atoms with Gasteiger partial charge in [0.25, 0.3) is 0 Å². The zero-order valence-electron chi connectivity index (χ0n) is 16.3. The van der Waals surface area contributed by atoms with E-state index in [0.717, 1.165) is 0 Å². The van der Waals surface area contributed by atoms with Gasteiger partial charge in [-0.3, -0.25) is 14.6 Å². The second-order valence-corrected chi connectivity index (χ2v) is 6.98. The number of anilines is 2. The molecule has 1 aromatic heterocycles. The summed E-state index contributed by atoms with van der Waals surface area (Å²) in [6.45, 7) is 1.81. The summed E-state index contributed by atoms with van der Waals surface area (Å²) >= 11 is 0. The van der Waals surface area contributed by atoms with Gasteiger partial charge in [0.2, 0.25) is 5.91 Å². The lowest BCUT2D eigenvalue weighted by Crippen LogP contribution is -2.50. The third-order valence-electron chi connectivity index (χ3n) is 5.09. The largest absolute Gasteiger partial charge is 0.491 e. The summed E-state index contributed by atoms with van der Waals surface area (Å²) in [5.41, 5.74) is 1.58. The van der Waals surface area contributed by atoms with Crippen molar-refractivity contribution >= 4 is 23.3 Å². The number of carbonyl (C=O) groups is 2. The first-order valence-electron chi connectivity index (χ1n) is 9.44. The van der Waals surface area contributed by atoms with Crippen LogP contribution in [-0.2, 0) is 16.0 Å². The third kappa shape index (κ3) is 3.98. The maximum absolute atomic E-state index is 13.9. The van der Waals surface area contributed by atoms with Gasteiger partial charge in [0.15, 0.2) is 23.1 Å². The number of benzene rings is 1. The highest BCUT2D eigenvalue weighted by Crippen LogP contribution is 2.28. The number of rotatable bonds is 5. The van der Waals surface area contributed by atoms with Crippen molar-refractivity contribution in [1.82, 2.24) is 9.88 Å². The minimum atomic E-state index is -0.760. The number of amides is 1. The Labute approximate surface area is 171 Å². The number of nitrogens with one attached hydrogen (secondary N) is 1. The summed E-state index contributed by atoms with van der Waals surface area (Å²) in [7, 11) is 1.21. The van der Waals surface area contributed by atoms with Crippen LogP contribution in [0.15, 0.2) is 24.4 Å². The minimum absolute atomic E-state index is 0.0558. The standard InChI is InChI=1S/C20H20F2N4O4/c1-29-20-14(21)7-13(8-15(20)22)25-2-4-26(5-3-25)18(27)11-23-12-6-17-16(24-10-12)9-19(28)30-17/h6-8,10,23H,2-5,9,11H2,1H3. The molecule has 0 aliphatic carbocycles. The molecule has 1 N–H and O–H groups in total. The van der Waals surface area contributed by atoms with E-state index in [1.807, 2.05) is 4.90 Å². The summed E-state index contributed by atoms with van der Waals surface area (Å²) in [5, 5.41) is 2.99. The van der Waals surface area contributed by atoms with E-state index >= 15 is 0 Å². The number of pyridine rings is 1. The molecule has 0 spiro atoms. The molecule has 8 nitrogen and oxygen atoms in total. The molecule has 0 atom stereocenters. The summed E-state index contributed by atoms with van der Waals surface area (Å²) in [6, 6.07) is 4.11. The highest BCUT2D eigenvalue weighted by Gasteiger charge is 2.24. The average Bonchev–Trinajstić information content (AvgIpc) is 3.11. The Balaban J connectivity index is 1.31. The van der Waals surface area contributed by atoms with Crippen LogP contribution in [0.25, 0.3) is 0 Å². The zero-order valence-corrected chi connectivity index (χ0v) is 16.3. The van der Waals surface area contributed by atoms with Crippen molar-refractivity contribution in [3.63, 3.8) is 0 Å². The number of aromatic nitrogens is 1. The van der Waals surface area contributed by atoms with Crippen molar-refractivity contribution in [3.05, 3.63) is 41.7 Å². The van der Waals surface area contributed by atoms with E-state index in [0.29, 0.717) is 49.0 Å². The van der Waals surface area contributed by atoms with E-state index in [2.05, 4.69) is 10.3 Å². The van der Waals surface area contributed by atoms with E-state index < -0.39 is 17.4 Å². The Bertz CT molecular complexity index is 970. The molecule has 0 unspecified atom stereocenters. The van der Waals surface area contributed by atoms with Crippen LogP contribution < -0.4 is 19.7 Å². The van der Waals surface area contributed by atoms with Crippen LogP contribution >= 0.6 is 0 Å². The molecule has 2 aliphatic heterocycles. The molecule has 4 rings (SSSR count). The van der Waals surface area contributed by atoms with Gasteiger partial charge in [0.1, 0.15) is 0 Å². The average molecular weight is 418 g/mol. The number of nitrogens with zero attached hydrogens (tertiary/aromatic N) is 3. The molecular weight excluding hydrogens is 398 g/mol. The molecule has 0 saturated carbocycles. The van der Waals surface area contributed by atoms with Crippen molar-refractivity contribution in [3.8, 4) is 11.5 Å². The van der Waals surface area contributed by atoms with Crippen molar-refractivity contribution in [1.29, 1.82) is 0 Å². The van der Waals surface area contributed by atoms with E-state index in [1.165, 1.54) is 19.2 Å². The SMILES string of the molecule is COc1c(F)cc(N2CCN(C(=O)CNc3cnc4c(c3)OC(=O)C4)CC2)cc1F. The molecule has 10 heteroatoms. The second kappa shape index (κ2) is 8.13. The minimum Gasteiger partial charge on any atom is -0.491 e. The zero-order chi connectivity index (χ0) is 21.3. The highest BCUT2D eigenvalue weighted by molar-refractivity contribution is 5.82. The number of piperazine rings is 1. The quantitative estimate of drug-likeness (QED) is 0.739. The Morgan fingerprint density at radius 1 is 1.20 bits per heavy atom.